The van der Waals surface area contributed by atoms with Gasteiger partial charge in [-0.25, -0.2) is 0 Å². The molecule has 2 aromatic heterocycles. The highest BCUT2D eigenvalue weighted by molar-refractivity contribution is 5.95. The Balaban J connectivity index is 2.03. The molecule has 0 aliphatic carbocycles. The average molecular weight is 365 g/mol. The number of rotatable bonds is 3. The number of carbonyl (C=O) groups is 1. The number of pyridine rings is 1. The molecular formula is C20H19N3O4. The summed E-state index contributed by atoms with van der Waals surface area (Å²) in [4.78, 5) is 29.7. The Morgan fingerprint density at radius 1 is 1.15 bits per heavy atom. The van der Waals surface area contributed by atoms with Crippen molar-refractivity contribution in [3.05, 3.63) is 63.6 Å². The molecule has 1 amide bonds. The predicted octanol–water partition coefficient (Wildman–Crippen LogP) is 2.49. The number of amides is 1. The molecule has 0 radical (unpaired) electrons. The molecule has 138 valence electrons. The van der Waals surface area contributed by atoms with E-state index < -0.39 is 5.92 Å². The van der Waals surface area contributed by atoms with E-state index in [9.17, 15) is 9.59 Å². The molecule has 7 nitrogen and oxygen atoms in total. The molecule has 1 N–H and O–H groups in total. The van der Waals surface area contributed by atoms with Crippen LogP contribution in [-0.2, 0) is 4.79 Å². The first-order chi connectivity index (χ1) is 13.0. The summed E-state index contributed by atoms with van der Waals surface area (Å²) in [5.74, 6) is 0.876. The van der Waals surface area contributed by atoms with Gasteiger partial charge in [-0.2, -0.15) is 4.98 Å². The number of methoxy groups -OCH3 is 2. The quantitative estimate of drug-likeness (QED) is 0.771. The van der Waals surface area contributed by atoms with Crippen LogP contribution < -0.4 is 20.3 Å². The van der Waals surface area contributed by atoms with Gasteiger partial charge in [-0.15, -0.1) is 0 Å². The van der Waals surface area contributed by atoms with Crippen LogP contribution in [0.5, 0.6) is 11.5 Å². The van der Waals surface area contributed by atoms with Crippen molar-refractivity contribution in [2.24, 2.45) is 0 Å². The van der Waals surface area contributed by atoms with Gasteiger partial charge in [0.25, 0.3) is 5.56 Å². The van der Waals surface area contributed by atoms with E-state index in [0.717, 1.165) is 11.1 Å². The smallest absolute Gasteiger partial charge is 0.279 e. The van der Waals surface area contributed by atoms with Gasteiger partial charge in [-0.05, 0) is 24.6 Å². The molecule has 3 aromatic rings. The first-order valence-electron chi connectivity index (χ1n) is 8.57. The Kier molecular flexibility index (Phi) is 4.07. The highest BCUT2D eigenvalue weighted by Gasteiger charge is 2.34. The third-order valence-corrected chi connectivity index (χ3v) is 4.90. The Labute approximate surface area is 155 Å². The van der Waals surface area contributed by atoms with Crippen LogP contribution in [0.2, 0.25) is 0 Å². The van der Waals surface area contributed by atoms with E-state index in [0.29, 0.717) is 28.5 Å². The molecule has 0 saturated heterocycles. The van der Waals surface area contributed by atoms with Gasteiger partial charge in [0.05, 0.1) is 19.8 Å². The second-order valence-corrected chi connectivity index (χ2v) is 6.45. The maximum atomic E-state index is 12.9. The summed E-state index contributed by atoms with van der Waals surface area (Å²) >= 11 is 0. The largest absolute Gasteiger partial charge is 0.493 e. The van der Waals surface area contributed by atoms with Gasteiger partial charge in [-0.1, -0.05) is 18.2 Å². The van der Waals surface area contributed by atoms with Crippen molar-refractivity contribution in [3.63, 3.8) is 0 Å². The van der Waals surface area contributed by atoms with E-state index in [1.165, 1.54) is 0 Å². The summed E-state index contributed by atoms with van der Waals surface area (Å²) in [6, 6.07) is 9.18. The monoisotopic (exact) mass is 365 g/mol. The molecule has 1 aliphatic heterocycles. The van der Waals surface area contributed by atoms with E-state index in [1.54, 1.807) is 30.9 Å². The molecule has 7 heteroatoms. The number of aryl methyl sites for hydroxylation is 1. The predicted molar refractivity (Wildman–Crippen MR) is 101 cm³/mol. The fourth-order valence-corrected chi connectivity index (χ4v) is 3.68. The highest BCUT2D eigenvalue weighted by Crippen LogP contribution is 2.42. The summed E-state index contributed by atoms with van der Waals surface area (Å²) in [5.41, 5.74) is 2.20. The lowest BCUT2D eigenvalue weighted by molar-refractivity contribution is -0.116. The number of fused-ring (bicyclic) bond motifs is 3. The Hall–Kier alpha value is -3.35. The number of nitrogens with one attached hydrogen (secondary N) is 1. The van der Waals surface area contributed by atoms with E-state index in [4.69, 9.17) is 9.47 Å². The molecule has 0 unspecified atom stereocenters. The molecule has 3 heterocycles. The molecule has 0 saturated carbocycles. The van der Waals surface area contributed by atoms with E-state index in [2.05, 4.69) is 10.3 Å². The van der Waals surface area contributed by atoms with Gasteiger partial charge in [0.1, 0.15) is 11.5 Å². The van der Waals surface area contributed by atoms with Crippen molar-refractivity contribution in [2.75, 3.05) is 19.5 Å². The second-order valence-electron chi connectivity index (χ2n) is 6.45. The summed E-state index contributed by atoms with van der Waals surface area (Å²) in [7, 11) is 3.09. The summed E-state index contributed by atoms with van der Waals surface area (Å²) in [5, 5.41) is 2.85. The molecule has 27 heavy (non-hydrogen) atoms. The van der Waals surface area contributed by atoms with Gasteiger partial charge >= 0.3 is 0 Å². The summed E-state index contributed by atoms with van der Waals surface area (Å²) in [6.07, 6.45) is 1.92. The third-order valence-electron chi connectivity index (χ3n) is 4.90. The van der Waals surface area contributed by atoms with Crippen molar-refractivity contribution < 1.29 is 14.3 Å². The van der Waals surface area contributed by atoms with Crippen LogP contribution >= 0.6 is 0 Å². The minimum Gasteiger partial charge on any atom is -0.493 e. The average Bonchev–Trinajstić information content (AvgIpc) is 2.67. The summed E-state index contributed by atoms with van der Waals surface area (Å²) < 4.78 is 12.7. The maximum Gasteiger partial charge on any atom is 0.279 e. The fourth-order valence-electron chi connectivity index (χ4n) is 3.68. The van der Waals surface area contributed by atoms with E-state index >= 15 is 0 Å². The number of anilines is 1. The van der Waals surface area contributed by atoms with Gasteiger partial charge in [0, 0.05) is 24.1 Å². The van der Waals surface area contributed by atoms with Gasteiger partial charge in [-0.3, -0.25) is 14.0 Å². The van der Waals surface area contributed by atoms with Crippen molar-refractivity contribution in [3.8, 4) is 11.5 Å². The lowest BCUT2D eigenvalue weighted by Crippen LogP contribution is -2.32. The van der Waals surface area contributed by atoms with E-state index in [-0.39, 0.29) is 17.9 Å². The molecule has 0 fully saturated rings. The fraction of sp³-hybridized carbons (Fsp3) is 0.250. The maximum absolute atomic E-state index is 12.9. The lowest BCUT2D eigenvalue weighted by atomic mass is 9.86. The van der Waals surface area contributed by atoms with Gasteiger partial charge in [0.15, 0.2) is 11.5 Å². The zero-order valence-electron chi connectivity index (χ0n) is 15.3. The third kappa shape index (κ3) is 2.63. The van der Waals surface area contributed by atoms with Crippen molar-refractivity contribution in [1.29, 1.82) is 0 Å². The molecule has 1 aliphatic rings. The first-order valence-corrected chi connectivity index (χ1v) is 8.57. The standard InChI is InChI=1S/C20H19N3O4/c1-11-6-5-9-23-18(11)22-20(25)16-13(10-15(24)21-19(16)23)12-7-4-8-14(26-2)17(12)27-3/h4-9,13H,10H2,1-3H3,(H,21,24)/t13-/m1/s1. The molecule has 4 rings (SSSR count). The molecule has 0 bridgehead atoms. The van der Waals surface area contributed by atoms with Gasteiger partial charge < -0.3 is 14.8 Å². The Morgan fingerprint density at radius 3 is 2.70 bits per heavy atom. The van der Waals surface area contributed by atoms with Crippen LogP contribution in [0.1, 0.15) is 29.0 Å². The minimum atomic E-state index is -0.476. The zero-order chi connectivity index (χ0) is 19.1. The normalized spacial score (nSPS) is 16.0. The number of aromatic nitrogens is 2. The first kappa shape index (κ1) is 17.1. The van der Waals surface area contributed by atoms with Crippen LogP contribution in [0.25, 0.3) is 5.65 Å². The summed E-state index contributed by atoms with van der Waals surface area (Å²) in [6.45, 7) is 1.88. The van der Waals surface area contributed by atoms with Crippen molar-refractivity contribution >= 4 is 17.4 Å². The number of benzene rings is 1. The van der Waals surface area contributed by atoms with Crippen LogP contribution in [0, 0.1) is 6.92 Å². The van der Waals surface area contributed by atoms with Crippen LogP contribution in [-0.4, -0.2) is 29.5 Å². The zero-order valence-corrected chi connectivity index (χ0v) is 15.3. The number of ether oxygens (including phenoxy) is 2. The van der Waals surface area contributed by atoms with Crippen LogP contribution in [0.4, 0.5) is 5.82 Å². The van der Waals surface area contributed by atoms with Crippen molar-refractivity contribution in [1.82, 2.24) is 9.38 Å². The Bertz CT molecular complexity index is 1120. The van der Waals surface area contributed by atoms with Crippen molar-refractivity contribution in [2.45, 2.75) is 19.3 Å². The van der Waals surface area contributed by atoms with Gasteiger partial charge in [0.2, 0.25) is 5.91 Å². The lowest BCUT2D eigenvalue weighted by Gasteiger charge is -2.27. The minimum absolute atomic E-state index is 0.130. The second kappa shape index (κ2) is 6.42. The molecular weight excluding hydrogens is 346 g/mol. The number of hydrogen-bond donors (Lipinski definition) is 1. The molecule has 0 spiro atoms. The number of nitrogens with zero attached hydrogens (tertiary/aromatic N) is 2. The highest BCUT2D eigenvalue weighted by atomic mass is 16.5. The Morgan fingerprint density at radius 2 is 1.96 bits per heavy atom. The van der Waals surface area contributed by atoms with Crippen LogP contribution in [0.3, 0.4) is 0 Å². The topological polar surface area (TPSA) is 81.9 Å². The van der Waals surface area contributed by atoms with E-state index in [1.807, 2.05) is 31.2 Å². The molecule has 1 aromatic carbocycles. The number of hydrogen-bond acceptors (Lipinski definition) is 5. The number of para-hydroxylation sites is 1. The number of carbonyl (C=O) groups excluding carboxylic acids is 1. The SMILES string of the molecule is COc1cccc([C@H]2CC(=O)Nc3c2c(=O)nc2c(C)cccn32)c1OC. The van der Waals surface area contributed by atoms with Crippen LogP contribution in [0.15, 0.2) is 41.3 Å². The molecule has 1 atom stereocenters.